The number of benzene rings is 2. The molecule has 1 atom stereocenters. The van der Waals surface area contributed by atoms with Crippen LogP contribution in [0.25, 0.3) is 0 Å². The smallest absolute Gasteiger partial charge is 0.307 e. The molecular weight excluding hydrogens is 352 g/mol. The first-order chi connectivity index (χ1) is 12.5. The molecule has 1 heterocycles. The number of benzodiazepines with no additional fused rings is 1. The lowest BCUT2D eigenvalue weighted by atomic mass is 9.97. The van der Waals surface area contributed by atoms with Gasteiger partial charge in [-0.15, -0.1) is 0 Å². The normalized spacial score (nSPS) is 16.7. The maximum absolute atomic E-state index is 11.1. The summed E-state index contributed by atoms with van der Waals surface area (Å²) in [7, 11) is 3.68. The third-order valence-corrected chi connectivity index (χ3v) is 4.88. The molecule has 0 bridgehead atoms. The Balaban J connectivity index is 2.16. The quantitative estimate of drug-likeness (QED) is 0.875. The molecule has 0 saturated carbocycles. The van der Waals surface area contributed by atoms with Gasteiger partial charge in [0.25, 0.3) is 0 Å². The number of ether oxygens (including phenoxy) is 1. The Labute approximate surface area is 157 Å². The number of nitrogens with zero attached hydrogens (tertiary/aromatic N) is 2. The van der Waals surface area contributed by atoms with Crippen LogP contribution in [0.15, 0.2) is 47.5 Å². The molecule has 6 heteroatoms. The number of methoxy groups -OCH3 is 1. The van der Waals surface area contributed by atoms with Gasteiger partial charge in [-0.1, -0.05) is 35.9 Å². The summed E-state index contributed by atoms with van der Waals surface area (Å²) in [5, 5.41) is 9.76. The molecule has 0 aromatic heterocycles. The predicted molar refractivity (Wildman–Crippen MR) is 104 cm³/mol. The lowest BCUT2D eigenvalue weighted by Gasteiger charge is -2.28. The van der Waals surface area contributed by atoms with Crippen molar-refractivity contribution in [1.82, 2.24) is 0 Å². The van der Waals surface area contributed by atoms with Crippen LogP contribution in [0.2, 0.25) is 5.02 Å². The van der Waals surface area contributed by atoms with E-state index in [9.17, 15) is 4.79 Å². The molecular formula is C20H21ClN2O3. The summed E-state index contributed by atoms with van der Waals surface area (Å²) in [4.78, 5) is 18.1. The summed E-state index contributed by atoms with van der Waals surface area (Å²) < 4.78 is 5.35. The van der Waals surface area contributed by atoms with E-state index >= 15 is 0 Å². The number of fused-ring (bicyclic) bond motifs is 1. The van der Waals surface area contributed by atoms with Gasteiger partial charge in [0.05, 0.1) is 31.3 Å². The number of hydrogen-bond donors (Lipinski definition) is 1. The number of carboxylic acids is 1. The fraction of sp³-hybridized carbons (Fsp3) is 0.300. The van der Waals surface area contributed by atoms with Gasteiger partial charge in [0, 0.05) is 36.0 Å². The van der Waals surface area contributed by atoms with Crippen LogP contribution in [0.5, 0.6) is 0 Å². The van der Waals surface area contributed by atoms with Crippen LogP contribution in [0, 0.1) is 0 Å². The minimum absolute atomic E-state index is 0.0334. The number of aliphatic carboxylic acids is 1. The maximum atomic E-state index is 11.1. The van der Waals surface area contributed by atoms with Crippen LogP contribution < -0.4 is 4.90 Å². The van der Waals surface area contributed by atoms with Crippen LogP contribution in [0.4, 0.5) is 5.69 Å². The zero-order valence-electron chi connectivity index (χ0n) is 14.8. The predicted octanol–water partition coefficient (Wildman–Crippen LogP) is 3.27. The van der Waals surface area contributed by atoms with E-state index in [4.69, 9.17) is 26.4 Å². The molecule has 0 fully saturated rings. The lowest BCUT2D eigenvalue weighted by Crippen LogP contribution is -2.37. The van der Waals surface area contributed by atoms with Gasteiger partial charge < -0.3 is 14.7 Å². The van der Waals surface area contributed by atoms with Crippen molar-refractivity contribution in [2.45, 2.75) is 12.5 Å². The molecule has 1 aliphatic heterocycles. The van der Waals surface area contributed by atoms with Crippen LogP contribution in [-0.2, 0) is 16.0 Å². The van der Waals surface area contributed by atoms with Gasteiger partial charge in [-0.2, -0.15) is 0 Å². The van der Waals surface area contributed by atoms with Gasteiger partial charge >= 0.3 is 5.97 Å². The van der Waals surface area contributed by atoms with Crippen molar-refractivity contribution in [3.8, 4) is 0 Å². The molecule has 1 unspecified atom stereocenters. The molecule has 0 amide bonds. The van der Waals surface area contributed by atoms with Crippen molar-refractivity contribution in [2.24, 2.45) is 4.99 Å². The van der Waals surface area contributed by atoms with E-state index in [1.165, 1.54) is 0 Å². The Morgan fingerprint density at radius 3 is 2.77 bits per heavy atom. The molecule has 1 aliphatic rings. The number of anilines is 1. The molecule has 0 aliphatic carbocycles. The first-order valence-electron chi connectivity index (χ1n) is 8.37. The second kappa shape index (κ2) is 7.89. The lowest BCUT2D eigenvalue weighted by molar-refractivity contribution is -0.136. The topological polar surface area (TPSA) is 62.1 Å². The Kier molecular flexibility index (Phi) is 5.59. The molecule has 136 valence electrons. The highest BCUT2D eigenvalue weighted by Crippen LogP contribution is 2.31. The average molecular weight is 373 g/mol. The molecule has 0 spiro atoms. The van der Waals surface area contributed by atoms with E-state index in [-0.39, 0.29) is 12.5 Å². The SMILES string of the molecule is COCC1CN=C(c2ccccc2Cl)c2cc(CC(=O)O)ccc2N1C. The first kappa shape index (κ1) is 18.4. The fourth-order valence-corrected chi connectivity index (χ4v) is 3.43. The number of halogens is 1. The highest BCUT2D eigenvalue weighted by Gasteiger charge is 2.25. The summed E-state index contributed by atoms with van der Waals surface area (Å²) in [6, 6.07) is 13.4. The number of rotatable bonds is 5. The Morgan fingerprint density at radius 2 is 2.08 bits per heavy atom. The van der Waals surface area contributed by atoms with Crippen LogP contribution in [-0.4, -0.2) is 50.1 Å². The zero-order valence-corrected chi connectivity index (χ0v) is 15.5. The van der Waals surface area contributed by atoms with Gasteiger partial charge in [0.2, 0.25) is 0 Å². The van der Waals surface area contributed by atoms with Crippen molar-refractivity contribution in [1.29, 1.82) is 0 Å². The highest BCUT2D eigenvalue weighted by atomic mass is 35.5. The summed E-state index contributed by atoms with van der Waals surface area (Å²) in [6.45, 7) is 1.11. The van der Waals surface area contributed by atoms with Crippen molar-refractivity contribution in [3.63, 3.8) is 0 Å². The molecule has 5 nitrogen and oxygen atoms in total. The summed E-state index contributed by atoms with van der Waals surface area (Å²) in [6.07, 6.45) is -0.0334. The number of likely N-dealkylation sites (N-methyl/N-ethyl adjacent to an activating group) is 1. The number of hydrogen-bond acceptors (Lipinski definition) is 4. The second-order valence-corrected chi connectivity index (χ2v) is 6.72. The van der Waals surface area contributed by atoms with E-state index < -0.39 is 5.97 Å². The third kappa shape index (κ3) is 3.74. The second-order valence-electron chi connectivity index (χ2n) is 6.31. The van der Waals surface area contributed by atoms with Crippen molar-refractivity contribution < 1.29 is 14.6 Å². The van der Waals surface area contributed by atoms with Gasteiger partial charge in [0.1, 0.15) is 0 Å². The van der Waals surface area contributed by atoms with Gasteiger partial charge in [-0.25, -0.2) is 0 Å². The summed E-state index contributed by atoms with van der Waals surface area (Å²) in [5.41, 5.74) is 4.22. The maximum Gasteiger partial charge on any atom is 0.307 e. The van der Waals surface area contributed by atoms with Crippen LogP contribution in [0.1, 0.15) is 16.7 Å². The minimum Gasteiger partial charge on any atom is -0.481 e. The standard InChI is InChI=1S/C20H21ClN2O3/c1-23-14(12-26-2)11-22-20(15-5-3-4-6-17(15)21)16-9-13(10-19(24)25)7-8-18(16)23/h3-9,14H,10-12H2,1-2H3,(H,24,25). The monoisotopic (exact) mass is 372 g/mol. The number of carboxylic acid groups (broad SMARTS) is 1. The summed E-state index contributed by atoms with van der Waals surface area (Å²) >= 11 is 6.42. The largest absolute Gasteiger partial charge is 0.481 e. The molecule has 0 saturated heterocycles. The van der Waals surface area contributed by atoms with Gasteiger partial charge in [0.15, 0.2) is 0 Å². The Bertz CT molecular complexity index is 851. The van der Waals surface area contributed by atoms with E-state index in [0.29, 0.717) is 18.2 Å². The van der Waals surface area contributed by atoms with Crippen LogP contribution in [0.3, 0.4) is 0 Å². The van der Waals surface area contributed by atoms with E-state index in [0.717, 1.165) is 28.1 Å². The van der Waals surface area contributed by atoms with Crippen LogP contribution >= 0.6 is 11.6 Å². The molecule has 1 N–H and O–H groups in total. The average Bonchev–Trinajstić information content (AvgIpc) is 2.73. The van der Waals surface area contributed by atoms with Gasteiger partial charge in [-0.3, -0.25) is 9.79 Å². The fourth-order valence-electron chi connectivity index (χ4n) is 3.21. The molecule has 3 rings (SSSR count). The van der Waals surface area contributed by atoms with E-state index in [1.807, 2.05) is 49.5 Å². The van der Waals surface area contributed by atoms with Gasteiger partial charge in [-0.05, 0) is 23.8 Å². The number of aliphatic imine (C=N–C) groups is 1. The third-order valence-electron chi connectivity index (χ3n) is 4.55. The van der Waals surface area contributed by atoms with E-state index in [1.54, 1.807) is 7.11 Å². The number of carbonyl (C=O) groups is 1. The minimum atomic E-state index is -0.861. The highest BCUT2D eigenvalue weighted by molar-refractivity contribution is 6.35. The van der Waals surface area contributed by atoms with E-state index in [2.05, 4.69) is 4.90 Å². The van der Waals surface area contributed by atoms with Crippen molar-refractivity contribution in [3.05, 3.63) is 64.2 Å². The molecule has 0 radical (unpaired) electrons. The van der Waals surface area contributed by atoms with Crippen molar-refractivity contribution in [2.75, 3.05) is 32.2 Å². The molecule has 2 aromatic carbocycles. The zero-order chi connectivity index (χ0) is 18.7. The summed E-state index contributed by atoms with van der Waals surface area (Å²) in [5.74, 6) is -0.861. The Hall–Kier alpha value is -2.37. The first-order valence-corrected chi connectivity index (χ1v) is 8.75. The Morgan fingerprint density at radius 1 is 1.31 bits per heavy atom. The molecule has 2 aromatic rings. The van der Waals surface area contributed by atoms with Crippen molar-refractivity contribution >= 4 is 29.0 Å². The molecule has 26 heavy (non-hydrogen) atoms.